The molecule has 0 heterocycles. The summed E-state index contributed by atoms with van der Waals surface area (Å²) in [4.78, 5) is 11.0. The number of hydrogen-bond acceptors (Lipinski definition) is 1. The predicted molar refractivity (Wildman–Crippen MR) is 49.6 cm³/mol. The molecule has 0 N–H and O–H groups in total. The lowest BCUT2D eigenvalue weighted by molar-refractivity contribution is -0.137. The fraction of sp³-hybridized carbons (Fsp3) is 0.222. The van der Waals surface area contributed by atoms with Crippen LogP contribution in [0.1, 0.15) is 22.8 Å². The highest BCUT2D eigenvalue weighted by Crippen LogP contribution is 2.29. The molecule has 1 nitrogen and oxygen atoms in total. The van der Waals surface area contributed by atoms with Gasteiger partial charge in [-0.25, -0.2) is 0 Å². The average Bonchev–Trinajstić information content (AvgIpc) is 2.02. The molecule has 0 unspecified atom stereocenters. The van der Waals surface area contributed by atoms with Gasteiger partial charge in [0.05, 0.1) is 5.56 Å². The Bertz CT molecular complexity index is 371. The van der Waals surface area contributed by atoms with E-state index >= 15 is 0 Å². The molecule has 0 atom stereocenters. The molecule has 0 saturated carbocycles. The summed E-state index contributed by atoms with van der Waals surface area (Å²) in [7, 11) is 1.61. The van der Waals surface area contributed by atoms with Crippen LogP contribution in [0.4, 0.5) is 13.2 Å². The molecule has 74 valence electrons. The van der Waals surface area contributed by atoms with Gasteiger partial charge in [0.15, 0.2) is 5.78 Å². The van der Waals surface area contributed by atoms with Crippen LogP contribution in [0.2, 0.25) is 0 Å². The third-order valence-corrected chi connectivity index (χ3v) is 1.94. The van der Waals surface area contributed by atoms with Crippen LogP contribution in [-0.4, -0.2) is 13.6 Å². The second-order valence-corrected chi connectivity index (χ2v) is 3.08. The smallest absolute Gasteiger partial charge is 0.295 e. The van der Waals surface area contributed by atoms with Gasteiger partial charge < -0.3 is 0 Å². The monoisotopic (exact) mass is 200 g/mol. The van der Waals surface area contributed by atoms with Crippen LogP contribution in [-0.2, 0) is 6.18 Å². The quantitative estimate of drug-likeness (QED) is 0.491. The number of carbonyl (C=O) groups is 1. The van der Waals surface area contributed by atoms with Gasteiger partial charge in [0.25, 0.3) is 0 Å². The van der Waals surface area contributed by atoms with E-state index in [2.05, 4.69) is 0 Å². The van der Waals surface area contributed by atoms with Crippen molar-refractivity contribution in [2.75, 3.05) is 0 Å². The van der Waals surface area contributed by atoms with E-state index < -0.39 is 11.7 Å². The molecule has 0 aliphatic carbocycles. The molecule has 1 aromatic carbocycles. The number of carbonyl (C=O) groups excluding carboxylic acids is 1. The lowest BCUT2D eigenvalue weighted by Crippen LogP contribution is -2.17. The molecule has 0 saturated heterocycles. The van der Waals surface area contributed by atoms with Gasteiger partial charge in [0, 0.05) is 5.56 Å². The Labute approximate surface area is 80.3 Å². The molecule has 5 heteroatoms. The van der Waals surface area contributed by atoms with Crippen molar-refractivity contribution in [2.45, 2.75) is 13.1 Å². The highest BCUT2D eigenvalue weighted by Gasteiger charge is 2.30. The van der Waals surface area contributed by atoms with E-state index in [1.54, 1.807) is 7.85 Å². The summed E-state index contributed by atoms with van der Waals surface area (Å²) in [6.07, 6.45) is -4.39. The van der Waals surface area contributed by atoms with Gasteiger partial charge in [-0.3, -0.25) is 4.79 Å². The van der Waals surface area contributed by atoms with E-state index in [4.69, 9.17) is 0 Å². The molecule has 0 radical (unpaired) electrons. The minimum Gasteiger partial charge on any atom is -0.295 e. The first-order valence-electron chi connectivity index (χ1n) is 4.01. The Hall–Kier alpha value is -1.26. The predicted octanol–water partition coefficient (Wildman–Crippen LogP) is 1.17. The van der Waals surface area contributed by atoms with Crippen molar-refractivity contribution in [2.24, 2.45) is 0 Å². The molecule has 14 heavy (non-hydrogen) atoms. The van der Waals surface area contributed by atoms with Gasteiger partial charge >= 0.3 is 6.18 Å². The summed E-state index contributed by atoms with van der Waals surface area (Å²) < 4.78 is 36.8. The number of Topliss-reactive ketones (excluding diaryl/α,β-unsaturated/α-hetero) is 1. The van der Waals surface area contributed by atoms with Crippen LogP contribution in [0.3, 0.4) is 0 Å². The molecule has 0 aliphatic rings. The Kier molecular flexibility index (Phi) is 2.69. The molecule has 0 spiro atoms. The first-order chi connectivity index (χ1) is 6.32. The average molecular weight is 200 g/mol. The third-order valence-electron chi connectivity index (χ3n) is 1.94. The standard InChI is InChI=1S/C9H8BF3O/c1-5(14)7-4-6(9(11,12)13)2-3-8(7)10/h2-4H,10H2,1H3. The first-order valence-corrected chi connectivity index (χ1v) is 4.01. The minimum atomic E-state index is -4.39. The summed E-state index contributed by atoms with van der Waals surface area (Å²) in [5.74, 6) is -0.353. The zero-order chi connectivity index (χ0) is 10.9. The molecular weight excluding hydrogens is 192 g/mol. The van der Waals surface area contributed by atoms with Gasteiger partial charge in [-0.2, -0.15) is 13.2 Å². The first kappa shape index (κ1) is 10.8. The number of hydrogen-bond donors (Lipinski definition) is 0. The molecule has 0 aromatic heterocycles. The molecular formula is C9H8BF3O. The second kappa shape index (κ2) is 3.48. The van der Waals surface area contributed by atoms with Crippen LogP contribution in [0.25, 0.3) is 0 Å². The molecule has 0 fully saturated rings. The van der Waals surface area contributed by atoms with Crippen molar-refractivity contribution in [3.63, 3.8) is 0 Å². The zero-order valence-electron chi connectivity index (χ0n) is 7.77. The van der Waals surface area contributed by atoms with Crippen molar-refractivity contribution in [3.05, 3.63) is 29.3 Å². The zero-order valence-corrected chi connectivity index (χ0v) is 7.77. The molecule has 1 rings (SSSR count). The minimum absolute atomic E-state index is 0.125. The Morgan fingerprint density at radius 2 is 1.93 bits per heavy atom. The highest BCUT2D eigenvalue weighted by molar-refractivity contribution is 6.36. The summed E-state index contributed by atoms with van der Waals surface area (Å²) in [6.45, 7) is 1.25. The fourth-order valence-corrected chi connectivity index (χ4v) is 1.18. The second-order valence-electron chi connectivity index (χ2n) is 3.08. The number of ketones is 1. The fourth-order valence-electron chi connectivity index (χ4n) is 1.18. The Morgan fingerprint density at radius 3 is 2.36 bits per heavy atom. The normalized spacial score (nSPS) is 11.4. The van der Waals surface area contributed by atoms with Crippen LogP contribution >= 0.6 is 0 Å². The SMILES string of the molecule is Bc1ccc(C(F)(F)F)cc1C(C)=O. The van der Waals surface area contributed by atoms with Crippen molar-refractivity contribution < 1.29 is 18.0 Å². The topological polar surface area (TPSA) is 17.1 Å². The van der Waals surface area contributed by atoms with E-state index in [9.17, 15) is 18.0 Å². The lowest BCUT2D eigenvalue weighted by atomic mass is 9.87. The molecule has 0 aliphatic heterocycles. The number of alkyl halides is 3. The maximum Gasteiger partial charge on any atom is 0.416 e. The summed E-state index contributed by atoms with van der Waals surface area (Å²) in [5.41, 5.74) is -0.0985. The van der Waals surface area contributed by atoms with Gasteiger partial charge in [-0.15, -0.1) is 0 Å². The molecule has 1 aromatic rings. The maximum absolute atomic E-state index is 12.3. The van der Waals surface area contributed by atoms with Crippen molar-refractivity contribution in [3.8, 4) is 0 Å². The summed E-state index contributed by atoms with van der Waals surface area (Å²) in [5, 5.41) is 0. The van der Waals surface area contributed by atoms with E-state index in [0.717, 1.165) is 12.1 Å². The highest BCUT2D eigenvalue weighted by atomic mass is 19.4. The van der Waals surface area contributed by atoms with Crippen LogP contribution in [0.15, 0.2) is 18.2 Å². The number of rotatable bonds is 1. The van der Waals surface area contributed by atoms with E-state index in [-0.39, 0.29) is 11.3 Å². The van der Waals surface area contributed by atoms with Crippen molar-refractivity contribution in [1.82, 2.24) is 0 Å². The van der Waals surface area contributed by atoms with Gasteiger partial charge in [0.1, 0.15) is 7.85 Å². The van der Waals surface area contributed by atoms with E-state index in [1.807, 2.05) is 0 Å². The van der Waals surface area contributed by atoms with Crippen molar-refractivity contribution >= 4 is 19.1 Å². The summed E-state index contributed by atoms with van der Waals surface area (Å²) in [6, 6.07) is 3.17. The molecule has 0 amide bonds. The lowest BCUT2D eigenvalue weighted by Gasteiger charge is -2.09. The van der Waals surface area contributed by atoms with E-state index in [1.165, 1.54) is 13.0 Å². The van der Waals surface area contributed by atoms with Gasteiger partial charge in [-0.1, -0.05) is 17.6 Å². The van der Waals surface area contributed by atoms with Gasteiger partial charge in [0.2, 0.25) is 0 Å². The largest absolute Gasteiger partial charge is 0.416 e. The van der Waals surface area contributed by atoms with Crippen LogP contribution < -0.4 is 5.46 Å². The summed E-state index contributed by atoms with van der Waals surface area (Å²) >= 11 is 0. The van der Waals surface area contributed by atoms with Crippen LogP contribution in [0, 0.1) is 0 Å². The van der Waals surface area contributed by atoms with Gasteiger partial charge in [-0.05, 0) is 13.0 Å². The Balaban J connectivity index is 3.27. The van der Waals surface area contributed by atoms with Crippen molar-refractivity contribution in [1.29, 1.82) is 0 Å². The number of halogens is 3. The third kappa shape index (κ3) is 2.16. The maximum atomic E-state index is 12.3. The molecule has 0 bridgehead atoms. The Morgan fingerprint density at radius 1 is 1.36 bits per heavy atom. The van der Waals surface area contributed by atoms with E-state index in [0.29, 0.717) is 5.46 Å². The van der Waals surface area contributed by atoms with Crippen LogP contribution in [0.5, 0.6) is 0 Å². The number of benzene rings is 1.